The van der Waals surface area contributed by atoms with Crippen molar-refractivity contribution in [1.29, 1.82) is 0 Å². The zero-order valence-electron chi connectivity index (χ0n) is 20.3. The number of nitrogens with one attached hydrogen (secondary N) is 3. The van der Waals surface area contributed by atoms with Crippen LogP contribution in [-0.2, 0) is 35.8 Å². The first kappa shape index (κ1) is 29.5. The van der Waals surface area contributed by atoms with Crippen LogP contribution in [0.1, 0.15) is 22.3 Å². The van der Waals surface area contributed by atoms with Crippen LogP contribution in [0.15, 0.2) is 42.5 Å². The summed E-state index contributed by atoms with van der Waals surface area (Å²) in [5.41, 5.74) is 0.0108. The van der Waals surface area contributed by atoms with Gasteiger partial charge < -0.3 is 20.5 Å². The second kappa shape index (κ2) is 12.2. The number of hydrogen-bond acceptors (Lipinski definition) is 10. The van der Waals surface area contributed by atoms with Gasteiger partial charge in [-0.05, 0) is 48.2 Å². The number of carboxylic acids is 1. The topological polar surface area (TPSA) is 211 Å². The summed E-state index contributed by atoms with van der Waals surface area (Å²) in [6.07, 6.45) is 0.930. The number of carboxylic acid groups (broad SMARTS) is 1. The molecule has 0 radical (unpaired) electrons. The number of nitro groups is 1. The fourth-order valence-corrected chi connectivity index (χ4v) is 4.86. The second-order valence-corrected chi connectivity index (χ2v) is 11.0. The Morgan fingerprint density at radius 1 is 1.18 bits per heavy atom. The molecule has 2 aromatic carbocycles. The lowest BCUT2D eigenvalue weighted by Gasteiger charge is -2.18. The molecule has 3 unspecified atom stereocenters. The molecule has 3 rings (SSSR count). The Bertz CT molecular complexity index is 1410. The van der Waals surface area contributed by atoms with Crippen molar-refractivity contribution in [3.8, 4) is 0 Å². The summed E-state index contributed by atoms with van der Waals surface area (Å²) < 4.78 is 30.5. The Kier molecular flexibility index (Phi) is 9.26. The number of carbonyl (C=O) groups is 4. The SMILES string of the molecule is CS(=O)(=O)Nc1cc(NC(=O)C2CC(C(C(=O)S)C(=O)OCc3ccc([N+](=O)[O-])cc3)CN2)cc(C(=O)O)c1. The van der Waals surface area contributed by atoms with E-state index in [1.165, 1.54) is 30.3 Å². The van der Waals surface area contributed by atoms with E-state index in [-0.39, 0.29) is 42.2 Å². The van der Waals surface area contributed by atoms with Gasteiger partial charge in [-0.3, -0.25) is 29.2 Å². The first-order chi connectivity index (χ1) is 18.2. The summed E-state index contributed by atoms with van der Waals surface area (Å²) in [4.78, 5) is 59.4. The van der Waals surface area contributed by atoms with E-state index in [9.17, 15) is 42.8 Å². The maximum atomic E-state index is 12.9. The number of sulfonamides is 1. The maximum absolute atomic E-state index is 12.9. The van der Waals surface area contributed by atoms with Gasteiger partial charge in [0.2, 0.25) is 15.9 Å². The summed E-state index contributed by atoms with van der Waals surface area (Å²) in [6.45, 7) is -0.139. The Hall–Kier alpha value is -4.02. The van der Waals surface area contributed by atoms with Crippen LogP contribution in [0.25, 0.3) is 0 Å². The van der Waals surface area contributed by atoms with Crippen LogP contribution in [0.2, 0.25) is 0 Å². The molecule has 0 aromatic heterocycles. The number of carbonyl (C=O) groups excluding carboxylic acids is 3. The molecule has 3 atom stereocenters. The average Bonchev–Trinajstić information content (AvgIpc) is 3.31. The van der Waals surface area contributed by atoms with Gasteiger partial charge in [0.25, 0.3) is 5.69 Å². The van der Waals surface area contributed by atoms with E-state index in [0.717, 1.165) is 18.4 Å². The van der Waals surface area contributed by atoms with Gasteiger partial charge in [0.15, 0.2) is 5.12 Å². The Balaban J connectivity index is 1.65. The van der Waals surface area contributed by atoms with Gasteiger partial charge in [0, 0.05) is 24.4 Å². The number of anilines is 2. The number of benzene rings is 2. The van der Waals surface area contributed by atoms with Crippen molar-refractivity contribution in [3.05, 3.63) is 63.7 Å². The number of rotatable bonds is 11. The number of thiol groups is 1. The van der Waals surface area contributed by atoms with E-state index in [1.54, 1.807) is 0 Å². The molecule has 0 bridgehead atoms. The second-order valence-electron chi connectivity index (χ2n) is 8.77. The first-order valence-corrected chi connectivity index (χ1v) is 13.6. The number of hydrogen-bond donors (Lipinski definition) is 5. The minimum absolute atomic E-state index is 0.0145. The van der Waals surface area contributed by atoms with Crippen molar-refractivity contribution in [3.63, 3.8) is 0 Å². The van der Waals surface area contributed by atoms with E-state index >= 15 is 0 Å². The molecule has 1 aliphatic heterocycles. The number of aromatic carboxylic acids is 1. The summed E-state index contributed by atoms with van der Waals surface area (Å²) in [5, 5.41) is 24.7. The number of esters is 1. The molecule has 39 heavy (non-hydrogen) atoms. The standard InChI is InChI=1S/C23H24N4O10S2/c1-39(35,36)26-16-7-13(21(29)30)6-15(9-16)25-20(28)18-8-14(10-24-18)19(23(32)38)22(31)37-11-12-2-4-17(5-3-12)27(33)34/h2-7,9,14,18-19,24,26H,8,10-11H2,1H3,(H,25,28)(H,29,30)(H,32,38). The predicted molar refractivity (Wildman–Crippen MR) is 141 cm³/mol. The van der Waals surface area contributed by atoms with Crippen LogP contribution in [0.5, 0.6) is 0 Å². The highest BCUT2D eigenvalue weighted by atomic mass is 32.2. The molecule has 0 aliphatic carbocycles. The molecule has 0 saturated carbocycles. The third kappa shape index (κ3) is 8.23. The van der Waals surface area contributed by atoms with Crippen molar-refractivity contribution in [2.24, 2.45) is 11.8 Å². The lowest BCUT2D eigenvalue weighted by molar-refractivity contribution is -0.384. The van der Waals surface area contributed by atoms with E-state index in [2.05, 4.69) is 28.0 Å². The van der Waals surface area contributed by atoms with Crippen molar-refractivity contribution in [1.82, 2.24) is 5.32 Å². The third-order valence-electron chi connectivity index (χ3n) is 5.75. The lowest BCUT2D eigenvalue weighted by Crippen LogP contribution is -2.35. The molecule has 0 spiro atoms. The first-order valence-electron chi connectivity index (χ1n) is 11.3. The predicted octanol–water partition coefficient (Wildman–Crippen LogP) is 1.40. The summed E-state index contributed by atoms with van der Waals surface area (Å²) >= 11 is 3.81. The van der Waals surface area contributed by atoms with E-state index < -0.39 is 55.8 Å². The van der Waals surface area contributed by atoms with Crippen LogP contribution < -0.4 is 15.4 Å². The van der Waals surface area contributed by atoms with Crippen LogP contribution >= 0.6 is 12.6 Å². The largest absolute Gasteiger partial charge is 0.478 e. The zero-order chi connectivity index (χ0) is 28.9. The zero-order valence-corrected chi connectivity index (χ0v) is 22.0. The highest BCUT2D eigenvalue weighted by molar-refractivity contribution is 7.96. The lowest BCUT2D eigenvalue weighted by atomic mass is 9.90. The molecule has 16 heteroatoms. The Labute approximate surface area is 227 Å². The number of nitro benzene ring substituents is 1. The van der Waals surface area contributed by atoms with E-state index in [1.807, 2.05) is 0 Å². The maximum Gasteiger partial charge on any atom is 0.335 e. The number of amides is 1. The van der Waals surface area contributed by atoms with E-state index in [0.29, 0.717) is 5.56 Å². The monoisotopic (exact) mass is 580 g/mol. The highest BCUT2D eigenvalue weighted by Crippen LogP contribution is 2.28. The minimum atomic E-state index is -3.72. The summed E-state index contributed by atoms with van der Waals surface area (Å²) in [7, 11) is -3.72. The highest BCUT2D eigenvalue weighted by Gasteiger charge is 2.41. The van der Waals surface area contributed by atoms with Crippen molar-refractivity contribution in [2.75, 3.05) is 22.8 Å². The van der Waals surface area contributed by atoms with Gasteiger partial charge in [0.05, 0.1) is 28.5 Å². The molecule has 2 aromatic rings. The molecule has 14 nitrogen and oxygen atoms in total. The van der Waals surface area contributed by atoms with Gasteiger partial charge in [-0.15, -0.1) is 12.6 Å². The molecule has 1 saturated heterocycles. The molecule has 1 fully saturated rings. The van der Waals surface area contributed by atoms with Gasteiger partial charge >= 0.3 is 11.9 Å². The minimum Gasteiger partial charge on any atom is -0.478 e. The molecule has 1 heterocycles. The van der Waals surface area contributed by atoms with Crippen molar-refractivity contribution >= 4 is 62.7 Å². The van der Waals surface area contributed by atoms with Crippen LogP contribution in [0.3, 0.4) is 0 Å². The smallest absolute Gasteiger partial charge is 0.335 e. The van der Waals surface area contributed by atoms with Gasteiger partial charge in [-0.2, -0.15) is 0 Å². The van der Waals surface area contributed by atoms with Crippen LogP contribution in [0.4, 0.5) is 17.1 Å². The Morgan fingerprint density at radius 2 is 1.82 bits per heavy atom. The van der Waals surface area contributed by atoms with Crippen molar-refractivity contribution < 1.29 is 42.4 Å². The van der Waals surface area contributed by atoms with Crippen LogP contribution in [0, 0.1) is 22.0 Å². The quantitative estimate of drug-likeness (QED) is 0.0842. The van der Waals surface area contributed by atoms with Crippen molar-refractivity contribution in [2.45, 2.75) is 19.1 Å². The summed E-state index contributed by atoms with van der Waals surface area (Å²) in [6, 6.07) is 7.94. The number of non-ortho nitro benzene ring substituents is 1. The van der Waals surface area contributed by atoms with E-state index in [4.69, 9.17) is 4.74 Å². The number of nitrogens with zero attached hydrogens (tertiary/aromatic N) is 1. The molecular weight excluding hydrogens is 556 g/mol. The normalized spacial score (nSPS) is 17.6. The molecule has 1 amide bonds. The van der Waals surface area contributed by atoms with Gasteiger partial charge in [-0.25, -0.2) is 13.2 Å². The third-order valence-corrected chi connectivity index (χ3v) is 6.64. The van der Waals surface area contributed by atoms with Gasteiger partial charge in [-0.1, -0.05) is 0 Å². The van der Waals surface area contributed by atoms with Gasteiger partial charge in [0.1, 0.15) is 12.5 Å². The summed E-state index contributed by atoms with van der Waals surface area (Å²) in [5.74, 6) is -4.76. The Morgan fingerprint density at radius 3 is 2.38 bits per heavy atom. The molecule has 4 N–H and O–H groups in total. The molecule has 208 valence electrons. The molecule has 1 aliphatic rings. The number of ether oxygens (including phenoxy) is 1. The average molecular weight is 581 g/mol. The fraction of sp³-hybridized carbons (Fsp3) is 0.304. The molecular formula is C23H24N4O10S2. The van der Waals surface area contributed by atoms with Crippen LogP contribution in [-0.4, -0.2) is 60.3 Å². The fourth-order valence-electron chi connectivity index (χ4n) is 4.00.